The van der Waals surface area contributed by atoms with E-state index in [0.717, 1.165) is 17.1 Å². The fraction of sp³-hybridized carbons (Fsp3) is 0.0476. The summed E-state index contributed by atoms with van der Waals surface area (Å²) in [7, 11) is 0. The molecule has 0 fully saturated rings. The number of aromatic amines is 2. The maximum Gasteiger partial charge on any atom is 0.287 e. The van der Waals surface area contributed by atoms with Gasteiger partial charge in [0.1, 0.15) is 12.2 Å². The van der Waals surface area contributed by atoms with Gasteiger partial charge in [0.25, 0.3) is 5.91 Å². The molecule has 0 spiro atoms. The molecule has 3 heterocycles. The minimum atomic E-state index is -0.983. The van der Waals surface area contributed by atoms with E-state index in [1.165, 1.54) is 35.4 Å². The summed E-state index contributed by atoms with van der Waals surface area (Å²) in [6.45, 7) is 0.189. The van der Waals surface area contributed by atoms with Gasteiger partial charge in [-0.05, 0) is 24.3 Å². The van der Waals surface area contributed by atoms with E-state index in [9.17, 15) is 13.6 Å². The van der Waals surface area contributed by atoms with Crippen molar-refractivity contribution in [2.45, 2.75) is 6.54 Å². The van der Waals surface area contributed by atoms with E-state index in [1.807, 2.05) is 24.3 Å². The van der Waals surface area contributed by atoms with Crippen LogP contribution in [-0.2, 0) is 6.54 Å². The van der Waals surface area contributed by atoms with Crippen molar-refractivity contribution >= 4 is 16.9 Å². The molecule has 0 atom stereocenters. The molecule has 1 amide bonds. The second-order valence-electron chi connectivity index (χ2n) is 6.74. The Labute approximate surface area is 174 Å². The van der Waals surface area contributed by atoms with Crippen LogP contribution < -0.4 is 5.32 Å². The number of benzene rings is 2. The van der Waals surface area contributed by atoms with Crippen LogP contribution in [0.1, 0.15) is 16.4 Å². The Kier molecular flexibility index (Phi) is 4.51. The van der Waals surface area contributed by atoms with Crippen LogP contribution in [0.3, 0.4) is 0 Å². The summed E-state index contributed by atoms with van der Waals surface area (Å²) in [6.07, 6.45) is 4.29. The molecule has 3 N–H and O–H groups in total. The molecule has 5 aromatic rings. The summed E-state index contributed by atoms with van der Waals surface area (Å²) in [5.41, 5.74) is 2.03. The molecule has 0 aliphatic carbocycles. The summed E-state index contributed by atoms with van der Waals surface area (Å²) < 4.78 is 29.3. The topological polar surface area (TPSA) is 104 Å². The number of imidazole rings is 3. The zero-order valence-corrected chi connectivity index (χ0v) is 15.9. The minimum Gasteiger partial charge on any atom is -0.342 e. The first-order valence-electron chi connectivity index (χ1n) is 9.34. The van der Waals surface area contributed by atoms with Gasteiger partial charge in [-0.2, -0.15) is 0 Å². The van der Waals surface area contributed by atoms with Crippen LogP contribution >= 0.6 is 0 Å². The summed E-state index contributed by atoms with van der Waals surface area (Å²) in [5.74, 6) is -1.40. The third-order valence-electron chi connectivity index (χ3n) is 4.75. The largest absolute Gasteiger partial charge is 0.342 e. The standard InChI is InChI=1S/C21H15F2N7O/c22-13-5-3-4-12(19(13)23)16-8-24-11-30(16)18-10-25-20(29-18)21(31)26-9-17-27-14-6-1-2-7-15(14)28-17/h1-8,10-11H,9H2,(H,25,29)(H,26,31)(H,27,28). The number of nitrogens with zero attached hydrogens (tertiary/aromatic N) is 4. The van der Waals surface area contributed by atoms with Gasteiger partial charge in [0.2, 0.25) is 0 Å². The summed E-state index contributed by atoms with van der Waals surface area (Å²) >= 11 is 0. The average molecular weight is 419 g/mol. The quantitative estimate of drug-likeness (QED) is 0.406. The summed E-state index contributed by atoms with van der Waals surface area (Å²) in [5, 5.41) is 2.74. The van der Waals surface area contributed by atoms with E-state index in [-0.39, 0.29) is 17.9 Å². The van der Waals surface area contributed by atoms with E-state index < -0.39 is 17.5 Å². The molecule has 31 heavy (non-hydrogen) atoms. The number of H-pyrrole nitrogens is 2. The number of hydrogen-bond donors (Lipinski definition) is 3. The third-order valence-corrected chi connectivity index (χ3v) is 4.75. The van der Waals surface area contributed by atoms with Gasteiger partial charge in [-0.1, -0.05) is 18.2 Å². The molecule has 5 rings (SSSR count). The number of halogens is 2. The molecule has 3 aromatic heterocycles. The highest BCUT2D eigenvalue weighted by Gasteiger charge is 2.17. The zero-order valence-electron chi connectivity index (χ0n) is 15.9. The average Bonchev–Trinajstić information content (AvgIpc) is 3.52. The molecule has 0 aliphatic rings. The van der Waals surface area contributed by atoms with E-state index in [2.05, 4.69) is 30.2 Å². The highest BCUT2D eigenvalue weighted by atomic mass is 19.2. The van der Waals surface area contributed by atoms with Crippen LogP contribution in [0.4, 0.5) is 8.78 Å². The fourth-order valence-corrected chi connectivity index (χ4v) is 3.27. The monoisotopic (exact) mass is 419 g/mol. The number of para-hydroxylation sites is 2. The van der Waals surface area contributed by atoms with Gasteiger partial charge in [-0.3, -0.25) is 9.36 Å². The Morgan fingerprint density at radius 1 is 1.10 bits per heavy atom. The van der Waals surface area contributed by atoms with Gasteiger partial charge in [0.05, 0.1) is 29.5 Å². The van der Waals surface area contributed by atoms with Crippen molar-refractivity contribution in [2.24, 2.45) is 0 Å². The van der Waals surface area contributed by atoms with Gasteiger partial charge < -0.3 is 15.3 Å². The van der Waals surface area contributed by atoms with E-state index >= 15 is 0 Å². The van der Waals surface area contributed by atoms with Crippen molar-refractivity contribution in [3.05, 3.63) is 84.5 Å². The second kappa shape index (κ2) is 7.48. The van der Waals surface area contributed by atoms with Gasteiger partial charge in [-0.15, -0.1) is 0 Å². The zero-order chi connectivity index (χ0) is 21.4. The molecule has 8 nitrogen and oxygen atoms in total. The lowest BCUT2D eigenvalue weighted by molar-refractivity contribution is 0.0940. The van der Waals surface area contributed by atoms with Crippen molar-refractivity contribution < 1.29 is 13.6 Å². The Hall–Kier alpha value is -4.34. The molecule has 0 unspecified atom stereocenters. The molecule has 0 saturated heterocycles. The number of nitrogens with one attached hydrogen (secondary N) is 3. The van der Waals surface area contributed by atoms with Crippen molar-refractivity contribution in [2.75, 3.05) is 0 Å². The smallest absolute Gasteiger partial charge is 0.287 e. The number of fused-ring (bicyclic) bond motifs is 1. The molecule has 0 bridgehead atoms. The van der Waals surface area contributed by atoms with Crippen molar-refractivity contribution in [1.29, 1.82) is 0 Å². The molecule has 0 aliphatic heterocycles. The highest BCUT2D eigenvalue weighted by molar-refractivity contribution is 5.90. The SMILES string of the molecule is O=C(NCc1nc2ccccc2[nH]1)c1nc(-n2cncc2-c2cccc(F)c2F)c[nH]1. The number of hydrogen-bond acceptors (Lipinski definition) is 4. The highest BCUT2D eigenvalue weighted by Crippen LogP contribution is 2.26. The number of aromatic nitrogens is 6. The van der Waals surface area contributed by atoms with E-state index in [1.54, 1.807) is 0 Å². The van der Waals surface area contributed by atoms with E-state index in [0.29, 0.717) is 17.3 Å². The van der Waals surface area contributed by atoms with Gasteiger partial charge in [-0.25, -0.2) is 23.7 Å². The molecular weight excluding hydrogens is 404 g/mol. The maximum absolute atomic E-state index is 14.2. The third kappa shape index (κ3) is 3.44. The minimum absolute atomic E-state index is 0.0383. The Bertz CT molecular complexity index is 1370. The predicted octanol–water partition coefficient (Wildman–Crippen LogP) is 3.35. The first-order valence-corrected chi connectivity index (χ1v) is 9.34. The first-order chi connectivity index (χ1) is 15.1. The number of carbonyl (C=O) groups excluding carboxylic acids is 1. The molecule has 2 aromatic carbocycles. The molecule has 154 valence electrons. The lowest BCUT2D eigenvalue weighted by Crippen LogP contribution is -2.24. The van der Waals surface area contributed by atoms with Gasteiger partial charge in [0, 0.05) is 11.8 Å². The van der Waals surface area contributed by atoms with Crippen LogP contribution in [0.15, 0.2) is 61.2 Å². The molecule has 10 heteroatoms. The Morgan fingerprint density at radius 2 is 1.97 bits per heavy atom. The lowest BCUT2D eigenvalue weighted by atomic mass is 10.1. The van der Waals surface area contributed by atoms with Crippen LogP contribution in [0.5, 0.6) is 0 Å². The number of carbonyl (C=O) groups is 1. The molecule has 0 saturated carbocycles. The van der Waals surface area contributed by atoms with Crippen molar-refractivity contribution in [1.82, 2.24) is 34.8 Å². The first kappa shape index (κ1) is 18.7. The maximum atomic E-state index is 14.2. The number of rotatable bonds is 5. The summed E-state index contributed by atoms with van der Waals surface area (Å²) in [6, 6.07) is 11.4. The van der Waals surface area contributed by atoms with Crippen molar-refractivity contribution in [3.8, 4) is 17.1 Å². The Morgan fingerprint density at radius 3 is 2.84 bits per heavy atom. The fourth-order valence-electron chi connectivity index (χ4n) is 3.27. The molecular formula is C21H15F2N7O. The summed E-state index contributed by atoms with van der Waals surface area (Å²) in [4.78, 5) is 31.1. The van der Waals surface area contributed by atoms with Gasteiger partial charge >= 0.3 is 0 Å². The lowest BCUT2D eigenvalue weighted by Gasteiger charge is -2.06. The van der Waals surface area contributed by atoms with Crippen LogP contribution in [0, 0.1) is 11.6 Å². The van der Waals surface area contributed by atoms with Crippen LogP contribution in [0.2, 0.25) is 0 Å². The van der Waals surface area contributed by atoms with Crippen LogP contribution in [0.25, 0.3) is 28.1 Å². The molecule has 0 radical (unpaired) electrons. The van der Waals surface area contributed by atoms with E-state index in [4.69, 9.17) is 0 Å². The predicted molar refractivity (Wildman–Crippen MR) is 108 cm³/mol. The normalized spacial score (nSPS) is 11.2. The Balaban J connectivity index is 1.35. The van der Waals surface area contributed by atoms with Gasteiger partial charge in [0.15, 0.2) is 23.3 Å². The second-order valence-corrected chi connectivity index (χ2v) is 6.74. The number of amides is 1. The van der Waals surface area contributed by atoms with Crippen molar-refractivity contribution in [3.63, 3.8) is 0 Å². The van der Waals surface area contributed by atoms with Crippen LogP contribution in [-0.4, -0.2) is 35.4 Å².